The molecule has 0 fully saturated rings. The Morgan fingerprint density at radius 1 is 1.06 bits per heavy atom. The van der Waals surface area contributed by atoms with E-state index in [1.807, 2.05) is 37.3 Å². The predicted octanol–water partition coefficient (Wildman–Crippen LogP) is 4.30. The van der Waals surface area contributed by atoms with E-state index >= 15 is 0 Å². The van der Waals surface area contributed by atoms with Crippen molar-refractivity contribution in [3.8, 4) is 5.69 Å². The zero-order valence-electron chi connectivity index (χ0n) is 17.1. The maximum atomic E-state index is 13.5. The molecule has 4 aromatic rings. The van der Waals surface area contributed by atoms with E-state index in [-0.39, 0.29) is 11.3 Å². The average Bonchev–Trinajstić information content (AvgIpc) is 2.79. The van der Waals surface area contributed by atoms with E-state index in [0.29, 0.717) is 50.9 Å². The second kappa shape index (κ2) is 8.01. The van der Waals surface area contributed by atoms with Gasteiger partial charge in [-0.1, -0.05) is 41.9 Å². The Balaban J connectivity index is 1.68. The molecule has 1 atom stereocenters. The molecule has 0 spiro atoms. The number of aromatic nitrogens is 4. The number of fused-ring (bicyclic) bond motifs is 2. The highest BCUT2D eigenvalue weighted by molar-refractivity contribution is 6.35. The van der Waals surface area contributed by atoms with Gasteiger partial charge in [0.2, 0.25) is 0 Å². The van der Waals surface area contributed by atoms with Gasteiger partial charge in [-0.15, -0.1) is 0 Å². The normalized spacial score (nSPS) is 13.8. The lowest BCUT2D eigenvalue weighted by Gasteiger charge is -2.22. The van der Waals surface area contributed by atoms with E-state index in [1.165, 1.54) is 12.4 Å². The van der Waals surface area contributed by atoms with Crippen molar-refractivity contribution in [2.75, 3.05) is 5.32 Å². The number of benzene rings is 2. The number of ketones is 1. The molecule has 158 valence electrons. The van der Waals surface area contributed by atoms with Crippen LogP contribution in [0.15, 0.2) is 71.8 Å². The molecule has 2 aromatic carbocycles. The van der Waals surface area contributed by atoms with Crippen LogP contribution in [-0.2, 0) is 6.42 Å². The molecule has 0 aliphatic heterocycles. The summed E-state index contributed by atoms with van der Waals surface area (Å²) in [7, 11) is 0. The van der Waals surface area contributed by atoms with Gasteiger partial charge < -0.3 is 5.32 Å². The van der Waals surface area contributed by atoms with Gasteiger partial charge in [-0.05, 0) is 37.3 Å². The van der Waals surface area contributed by atoms with Crippen molar-refractivity contribution in [3.05, 3.63) is 99.5 Å². The fourth-order valence-corrected chi connectivity index (χ4v) is 4.15. The number of para-hydroxylation sites is 1. The second-order valence-corrected chi connectivity index (χ2v) is 7.87. The molecule has 0 saturated carbocycles. The van der Waals surface area contributed by atoms with Gasteiger partial charge in [-0.2, -0.15) is 0 Å². The summed E-state index contributed by atoms with van der Waals surface area (Å²) >= 11 is 6.35. The van der Waals surface area contributed by atoms with Gasteiger partial charge in [0, 0.05) is 6.42 Å². The van der Waals surface area contributed by atoms with Crippen LogP contribution in [0.1, 0.15) is 34.8 Å². The summed E-state index contributed by atoms with van der Waals surface area (Å²) in [5.74, 6) is 0.735. The van der Waals surface area contributed by atoms with E-state index in [9.17, 15) is 9.59 Å². The van der Waals surface area contributed by atoms with Crippen LogP contribution >= 0.6 is 11.6 Å². The number of rotatable bonds is 4. The Hall–Kier alpha value is -3.84. The Labute approximate surface area is 188 Å². The number of carbonyl (C=O) groups excluding carboxylic acids is 1. The van der Waals surface area contributed by atoms with Crippen molar-refractivity contribution < 1.29 is 4.79 Å². The minimum atomic E-state index is -0.455. The molecular weight excluding hydrogens is 426 g/mol. The molecule has 0 bridgehead atoms. The molecule has 8 heteroatoms. The molecule has 2 aromatic heterocycles. The van der Waals surface area contributed by atoms with Crippen LogP contribution in [-0.4, -0.2) is 25.3 Å². The summed E-state index contributed by atoms with van der Waals surface area (Å²) in [5, 5.41) is 3.97. The molecule has 1 aliphatic rings. The molecule has 0 saturated heterocycles. The zero-order valence-corrected chi connectivity index (χ0v) is 17.9. The fourth-order valence-electron chi connectivity index (χ4n) is 3.90. The highest BCUT2D eigenvalue weighted by Crippen LogP contribution is 2.27. The summed E-state index contributed by atoms with van der Waals surface area (Å²) in [5.41, 5.74) is 2.01. The summed E-state index contributed by atoms with van der Waals surface area (Å²) in [6.07, 6.45) is 5.30. The third-order valence-corrected chi connectivity index (χ3v) is 5.70. The van der Waals surface area contributed by atoms with Crippen molar-refractivity contribution in [1.29, 1.82) is 0 Å². The number of hydrogen-bond acceptors (Lipinski definition) is 6. The van der Waals surface area contributed by atoms with E-state index in [1.54, 1.807) is 28.8 Å². The quantitative estimate of drug-likeness (QED) is 0.506. The van der Waals surface area contributed by atoms with Gasteiger partial charge in [0.25, 0.3) is 5.56 Å². The van der Waals surface area contributed by atoms with Gasteiger partial charge in [-0.25, -0.2) is 15.0 Å². The van der Waals surface area contributed by atoms with Gasteiger partial charge >= 0.3 is 0 Å². The smallest absolute Gasteiger partial charge is 0.267 e. The van der Waals surface area contributed by atoms with Gasteiger partial charge in [-0.3, -0.25) is 14.2 Å². The number of anilines is 1. The minimum absolute atomic E-state index is 0.153. The van der Waals surface area contributed by atoms with Crippen molar-refractivity contribution in [3.63, 3.8) is 0 Å². The van der Waals surface area contributed by atoms with Crippen molar-refractivity contribution in [1.82, 2.24) is 19.5 Å². The SMILES string of the molecule is C[C@H](Nc1ncnc2c1C(=O)C=CC2)c1nc2cccc(Cl)c2c(=O)n1-c1ccccc1. The molecular formula is C24H18ClN5O2. The molecule has 0 unspecified atom stereocenters. The molecule has 1 aliphatic carbocycles. The third kappa shape index (κ3) is 3.36. The van der Waals surface area contributed by atoms with E-state index in [4.69, 9.17) is 16.6 Å². The lowest BCUT2D eigenvalue weighted by atomic mass is 10.0. The largest absolute Gasteiger partial charge is 0.360 e. The number of halogens is 1. The lowest BCUT2D eigenvalue weighted by Crippen LogP contribution is -2.28. The van der Waals surface area contributed by atoms with Crippen LogP contribution in [0.2, 0.25) is 5.02 Å². The third-order valence-electron chi connectivity index (χ3n) is 5.38. The molecule has 5 rings (SSSR count). The summed E-state index contributed by atoms with van der Waals surface area (Å²) in [6.45, 7) is 1.87. The van der Waals surface area contributed by atoms with Gasteiger partial charge in [0.1, 0.15) is 18.0 Å². The standard InChI is InChI=1S/C24H18ClN5O2/c1-14(28-22-21-17(26-13-27-22)10-6-12-19(21)31)23-29-18-11-5-9-16(25)20(18)24(32)30(23)15-7-3-2-4-8-15/h2-9,11-14H,10H2,1H3,(H,26,27,28)/t14-/m0/s1. The first kappa shape index (κ1) is 20.1. The molecule has 0 radical (unpaired) electrons. The average molecular weight is 444 g/mol. The van der Waals surface area contributed by atoms with Crippen LogP contribution in [0.5, 0.6) is 0 Å². The van der Waals surface area contributed by atoms with Crippen LogP contribution in [0.3, 0.4) is 0 Å². The Bertz CT molecular complexity index is 1450. The Kier molecular flexibility index (Phi) is 5.03. The van der Waals surface area contributed by atoms with Gasteiger partial charge in [0.05, 0.1) is 38.9 Å². The van der Waals surface area contributed by atoms with Crippen molar-refractivity contribution >= 4 is 34.1 Å². The first-order chi connectivity index (χ1) is 15.5. The molecule has 32 heavy (non-hydrogen) atoms. The number of hydrogen-bond donors (Lipinski definition) is 1. The first-order valence-corrected chi connectivity index (χ1v) is 10.5. The van der Waals surface area contributed by atoms with E-state index in [2.05, 4.69) is 15.3 Å². The van der Waals surface area contributed by atoms with Crippen molar-refractivity contribution in [2.24, 2.45) is 0 Å². The Morgan fingerprint density at radius 3 is 2.69 bits per heavy atom. The van der Waals surface area contributed by atoms with Gasteiger partial charge in [0.15, 0.2) is 5.78 Å². The molecule has 7 nitrogen and oxygen atoms in total. The molecule has 2 heterocycles. The molecule has 1 N–H and O–H groups in total. The molecule has 0 amide bonds. The number of nitrogens with zero attached hydrogens (tertiary/aromatic N) is 4. The van der Waals surface area contributed by atoms with Crippen LogP contribution in [0.4, 0.5) is 5.82 Å². The monoisotopic (exact) mass is 443 g/mol. The number of allylic oxidation sites excluding steroid dienone is 2. The zero-order chi connectivity index (χ0) is 22.2. The van der Waals surface area contributed by atoms with Crippen molar-refractivity contribution in [2.45, 2.75) is 19.4 Å². The fraction of sp³-hybridized carbons (Fsp3) is 0.125. The highest BCUT2D eigenvalue weighted by atomic mass is 35.5. The maximum absolute atomic E-state index is 13.5. The highest BCUT2D eigenvalue weighted by Gasteiger charge is 2.24. The van der Waals surface area contributed by atoms with Crippen LogP contribution in [0.25, 0.3) is 16.6 Å². The maximum Gasteiger partial charge on any atom is 0.267 e. The summed E-state index contributed by atoms with van der Waals surface area (Å²) in [4.78, 5) is 39.3. The lowest BCUT2D eigenvalue weighted by molar-refractivity contribution is 0.104. The van der Waals surface area contributed by atoms with Crippen LogP contribution in [0, 0.1) is 0 Å². The van der Waals surface area contributed by atoms with E-state index < -0.39 is 6.04 Å². The Morgan fingerprint density at radius 2 is 1.88 bits per heavy atom. The predicted molar refractivity (Wildman–Crippen MR) is 124 cm³/mol. The minimum Gasteiger partial charge on any atom is -0.360 e. The first-order valence-electron chi connectivity index (χ1n) is 10.1. The second-order valence-electron chi connectivity index (χ2n) is 7.46. The topological polar surface area (TPSA) is 89.8 Å². The number of carbonyl (C=O) groups is 1. The summed E-state index contributed by atoms with van der Waals surface area (Å²) in [6, 6.07) is 14.0. The summed E-state index contributed by atoms with van der Waals surface area (Å²) < 4.78 is 1.54. The van der Waals surface area contributed by atoms with Crippen LogP contribution < -0.4 is 10.9 Å². The van der Waals surface area contributed by atoms with E-state index in [0.717, 1.165) is 0 Å². The number of nitrogens with one attached hydrogen (secondary N) is 1.